The van der Waals surface area contributed by atoms with Crippen molar-refractivity contribution in [1.82, 2.24) is 15.2 Å². The second-order valence-corrected chi connectivity index (χ2v) is 5.49. The first-order valence-electron chi connectivity index (χ1n) is 7.21. The molecule has 5 heteroatoms. The number of rotatable bonds is 5. The van der Waals surface area contributed by atoms with Gasteiger partial charge in [-0.1, -0.05) is 6.07 Å². The maximum Gasteiger partial charge on any atom is 0.234 e. The van der Waals surface area contributed by atoms with E-state index in [1.807, 2.05) is 19.1 Å². The molecular formula is C15H23N3O2. The second-order valence-electron chi connectivity index (χ2n) is 5.49. The van der Waals surface area contributed by atoms with Crippen LogP contribution in [0, 0.1) is 5.92 Å². The Kier molecular flexibility index (Phi) is 5.49. The molecule has 5 nitrogen and oxygen atoms in total. The van der Waals surface area contributed by atoms with Crippen molar-refractivity contribution in [2.24, 2.45) is 5.92 Å². The van der Waals surface area contributed by atoms with Gasteiger partial charge >= 0.3 is 0 Å². The van der Waals surface area contributed by atoms with E-state index in [0.717, 1.165) is 31.5 Å². The Labute approximate surface area is 120 Å². The van der Waals surface area contributed by atoms with Gasteiger partial charge in [0, 0.05) is 18.9 Å². The lowest BCUT2D eigenvalue weighted by atomic mass is 9.92. The molecule has 0 spiro atoms. The van der Waals surface area contributed by atoms with Crippen molar-refractivity contribution >= 4 is 5.91 Å². The number of aliphatic hydroxyl groups is 1. The average molecular weight is 277 g/mol. The zero-order valence-electron chi connectivity index (χ0n) is 12.0. The smallest absolute Gasteiger partial charge is 0.234 e. The van der Waals surface area contributed by atoms with Gasteiger partial charge in [-0.15, -0.1) is 0 Å². The molecule has 0 aromatic carbocycles. The monoisotopic (exact) mass is 277 g/mol. The van der Waals surface area contributed by atoms with Crippen LogP contribution in [0.2, 0.25) is 0 Å². The zero-order valence-corrected chi connectivity index (χ0v) is 12.0. The number of aromatic nitrogens is 1. The second kappa shape index (κ2) is 7.36. The molecular weight excluding hydrogens is 254 g/mol. The Morgan fingerprint density at radius 2 is 2.30 bits per heavy atom. The molecule has 2 rings (SSSR count). The van der Waals surface area contributed by atoms with E-state index in [4.69, 9.17) is 0 Å². The molecule has 0 saturated carbocycles. The van der Waals surface area contributed by atoms with Gasteiger partial charge in [0.25, 0.3) is 0 Å². The van der Waals surface area contributed by atoms with Crippen LogP contribution >= 0.6 is 0 Å². The summed E-state index contributed by atoms with van der Waals surface area (Å²) in [6.07, 6.45) is 5.17. The largest absolute Gasteiger partial charge is 0.393 e. The highest BCUT2D eigenvalue weighted by atomic mass is 16.3. The van der Waals surface area contributed by atoms with Crippen LogP contribution in [0.25, 0.3) is 0 Å². The Balaban J connectivity index is 1.68. The van der Waals surface area contributed by atoms with Crippen LogP contribution in [0.5, 0.6) is 0 Å². The van der Waals surface area contributed by atoms with Gasteiger partial charge in [-0.05, 0) is 50.4 Å². The summed E-state index contributed by atoms with van der Waals surface area (Å²) < 4.78 is 0. The van der Waals surface area contributed by atoms with E-state index >= 15 is 0 Å². The van der Waals surface area contributed by atoms with Gasteiger partial charge < -0.3 is 10.4 Å². The van der Waals surface area contributed by atoms with Gasteiger partial charge in [0.15, 0.2) is 0 Å². The summed E-state index contributed by atoms with van der Waals surface area (Å²) in [5.41, 5.74) is 1.01. The molecule has 0 bridgehead atoms. The number of piperidine rings is 1. The van der Waals surface area contributed by atoms with Crippen molar-refractivity contribution < 1.29 is 9.90 Å². The first-order chi connectivity index (χ1) is 9.65. The first-order valence-corrected chi connectivity index (χ1v) is 7.21. The summed E-state index contributed by atoms with van der Waals surface area (Å²) in [5.74, 6) is 0.425. The molecule has 1 aromatic rings. The minimum Gasteiger partial charge on any atom is -0.393 e. The quantitative estimate of drug-likeness (QED) is 0.835. The van der Waals surface area contributed by atoms with E-state index in [1.165, 1.54) is 0 Å². The molecule has 1 saturated heterocycles. The van der Waals surface area contributed by atoms with Crippen LogP contribution in [0.3, 0.4) is 0 Å². The summed E-state index contributed by atoms with van der Waals surface area (Å²) >= 11 is 0. The topological polar surface area (TPSA) is 65.5 Å². The fraction of sp³-hybridized carbons (Fsp3) is 0.600. The Morgan fingerprint density at radius 3 is 2.90 bits per heavy atom. The summed E-state index contributed by atoms with van der Waals surface area (Å²) in [4.78, 5) is 18.0. The van der Waals surface area contributed by atoms with Gasteiger partial charge in [-0.2, -0.15) is 0 Å². The minimum absolute atomic E-state index is 0.0457. The fourth-order valence-corrected chi connectivity index (χ4v) is 2.56. The summed E-state index contributed by atoms with van der Waals surface area (Å²) in [5, 5.41) is 12.5. The molecule has 1 fully saturated rings. The molecule has 1 unspecified atom stereocenters. The number of pyridine rings is 1. The van der Waals surface area contributed by atoms with Crippen molar-refractivity contribution in [2.45, 2.75) is 32.4 Å². The van der Waals surface area contributed by atoms with Crippen LogP contribution in [-0.4, -0.2) is 46.6 Å². The molecule has 1 aromatic heterocycles. The molecule has 0 aliphatic carbocycles. The van der Waals surface area contributed by atoms with Gasteiger partial charge in [-0.3, -0.25) is 14.7 Å². The van der Waals surface area contributed by atoms with Crippen LogP contribution in [-0.2, 0) is 11.3 Å². The first kappa shape index (κ1) is 14.9. The summed E-state index contributed by atoms with van der Waals surface area (Å²) in [6, 6.07) is 3.81. The number of carbonyl (C=O) groups excluding carboxylic acids is 1. The third-order valence-electron chi connectivity index (χ3n) is 3.89. The molecule has 2 N–H and O–H groups in total. The highest BCUT2D eigenvalue weighted by Gasteiger charge is 2.23. The standard InChI is InChI=1S/C15H23N3O2/c1-12(19)14-4-7-18(8-5-14)11-15(20)17-10-13-3-2-6-16-9-13/h2-3,6,9,12,14,19H,4-5,7-8,10-11H2,1H3,(H,17,20). The summed E-state index contributed by atoms with van der Waals surface area (Å²) in [6.45, 7) is 4.58. The third-order valence-corrected chi connectivity index (χ3v) is 3.89. The van der Waals surface area contributed by atoms with Crippen molar-refractivity contribution in [3.63, 3.8) is 0 Å². The predicted octanol–water partition coefficient (Wildman–Crippen LogP) is 0.791. The van der Waals surface area contributed by atoms with E-state index in [-0.39, 0.29) is 12.0 Å². The lowest BCUT2D eigenvalue weighted by molar-refractivity contribution is -0.122. The van der Waals surface area contributed by atoms with E-state index in [2.05, 4.69) is 15.2 Å². The van der Waals surface area contributed by atoms with Crippen LogP contribution in [0.15, 0.2) is 24.5 Å². The highest BCUT2D eigenvalue weighted by Crippen LogP contribution is 2.20. The van der Waals surface area contributed by atoms with E-state index in [0.29, 0.717) is 19.0 Å². The molecule has 20 heavy (non-hydrogen) atoms. The van der Waals surface area contributed by atoms with Crippen molar-refractivity contribution in [3.8, 4) is 0 Å². The minimum atomic E-state index is -0.239. The molecule has 2 heterocycles. The maximum absolute atomic E-state index is 11.9. The van der Waals surface area contributed by atoms with E-state index in [9.17, 15) is 9.90 Å². The van der Waals surface area contributed by atoms with Gasteiger partial charge in [-0.25, -0.2) is 0 Å². The molecule has 110 valence electrons. The van der Waals surface area contributed by atoms with Crippen molar-refractivity contribution in [3.05, 3.63) is 30.1 Å². The third kappa shape index (κ3) is 4.58. The molecule has 1 aliphatic heterocycles. The van der Waals surface area contributed by atoms with Crippen LogP contribution in [0.4, 0.5) is 0 Å². The summed E-state index contributed by atoms with van der Waals surface area (Å²) in [7, 11) is 0. The van der Waals surface area contributed by atoms with Crippen LogP contribution < -0.4 is 5.32 Å². The Bertz CT molecular complexity index is 414. The van der Waals surface area contributed by atoms with Gasteiger partial charge in [0.1, 0.15) is 0 Å². The number of nitrogens with one attached hydrogen (secondary N) is 1. The molecule has 1 aliphatic rings. The number of amides is 1. The van der Waals surface area contributed by atoms with E-state index in [1.54, 1.807) is 12.4 Å². The molecule has 1 atom stereocenters. The predicted molar refractivity (Wildman–Crippen MR) is 76.9 cm³/mol. The highest BCUT2D eigenvalue weighted by molar-refractivity contribution is 5.78. The lowest BCUT2D eigenvalue weighted by Crippen LogP contribution is -2.42. The van der Waals surface area contributed by atoms with Crippen molar-refractivity contribution in [1.29, 1.82) is 0 Å². The van der Waals surface area contributed by atoms with Gasteiger partial charge in [0.2, 0.25) is 5.91 Å². The Hall–Kier alpha value is -1.46. The van der Waals surface area contributed by atoms with E-state index < -0.39 is 0 Å². The molecule has 1 amide bonds. The number of hydrogen-bond donors (Lipinski definition) is 2. The normalized spacial score (nSPS) is 18.7. The number of likely N-dealkylation sites (tertiary alicyclic amines) is 1. The average Bonchev–Trinajstić information content (AvgIpc) is 2.47. The van der Waals surface area contributed by atoms with Crippen molar-refractivity contribution in [2.75, 3.05) is 19.6 Å². The van der Waals surface area contributed by atoms with Gasteiger partial charge in [0.05, 0.1) is 12.6 Å². The number of carbonyl (C=O) groups is 1. The number of hydrogen-bond acceptors (Lipinski definition) is 4. The zero-order chi connectivity index (χ0) is 14.4. The SMILES string of the molecule is CC(O)C1CCN(CC(=O)NCc2cccnc2)CC1. The Morgan fingerprint density at radius 1 is 1.55 bits per heavy atom. The van der Waals surface area contributed by atoms with Crippen LogP contribution in [0.1, 0.15) is 25.3 Å². The molecule has 0 radical (unpaired) electrons. The maximum atomic E-state index is 11.9. The fourth-order valence-electron chi connectivity index (χ4n) is 2.56. The number of nitrogens with zero attached hydrogens (tertiary/aromatic N) is 2. The lowest BCUT2D eigenvalue weighted by Gasteiger charge is -2.32. The number of aliphatic hydroxyl groups excluding tert-OH is 1.